The standard InChI is InChI=1S/C14H22N2O4/c1-11(2)15-13-6-4-5-12(16-13)14(17)20-10-9-19-8-7-18-3/h4-6,11H,7-10H2,1-3H3,(H,15,16). The number of aromatic nitrogens is 1. The van der Waals surface area contributed by atoms with E-state index in [1.54, 1.807) is 19.2 Å². The SMILES string of the molecule is COCCOCCOC(=O)c1cccc(NC(C)C)n1. The molecule has 20 heavy (non-hydrogen) atoms. The second kappa shape index (κ2) is 9.28. The van der Waals surface area contributed by atoms with Crippen LogP contribution in [0.1, 0.15) is 24.3 Å². The van der Waals surface area contributed by atoms with E-state index in [0.29, 0.717) is 25.6 Å². The molecule has 0 unspecified atom stereocenters. The Labute approximate surface area is 119 Å². The smallest absolute Gasteiger partial charge is 0.357 e. The molecule has 0 amide bonds. The number of anilines is 1. The van der Waals surface area contributed by atoms with Gasteiger partial charge < -0.3 is 19.5 Å². The molecule has 0 atom stereocenters. The molecule has 1 aromatic rings. The van der Waals surface area contributed by atoms with Crippen molar-refractivity contribution in [3.63, 3.8) is 0 Å². The van der Waals surface area contributed by atoms with Crippen LogP contribution in [0.15, 0.2) is 18.2 Å². The van der Waals surface area contributed by atoms with Gasteiger partial charge in [-0.3, -0.25) is 0 Å². The predicted octanol–water partition coefficient (Wildman–Crippen LogP) is 1.72. The minimum absolute atomic E-state index is 0.200. The van der Waals surface area contributed by atoms with Crippen LogP contribution in [0.3, 0.4) is 0 Å². The molecule has 1 rings (SSSR count). The summed E-state index contributed by atoms with van der Waals surface area (Å²) in [6, 6.07) is 5.45. The monoisotopic (exact) mass is 282 g/mol. The summed E-state index contributed by atoms with van der Waals surface area (Å²) in [6.45, 7) is 5.57. The first-order chi connectivity index (χ1) is 9.63. The van der Waals surface area contributed by atoms with Crippen LogP contribution in [0.5, 0.6) is 0 Å². The maximum atomic E-state index is 11.8. The summed E-state index contributed by atoms with van der Waals surface area (Å²) in [5, 5.41) is 3.13. The molecule has 1 heterocycles. The number of pyridine rings is 1. The van der Waals surface area contributed by atoms with E-state index in [-0.39, 0.29) is 18.3 Å². The van der Waals surface area contributed by atoms with Crippen LogP contribution in [-0.4, -0.2) is 50.5 Å². The van der Waals surface area contributed by atoms with Gasteiger partial charge in [0, 0.05) is 13.2 Å². The van der Waals surface area contributed by atoms with Gasteiger partial charge >= 0.3 is 5.97 Å². The maximum absolute atomic E-state index is 11.8. The Morgan fingerprint density at radius 1 is 1.25 bits per heavy atom. The molecule has 112 valence electrons. The lowest BCUT2D eigenvalue weighted by Gasteiger charge is -2.10. The van der Waals surface area contributed by atoms with Crippen molar-refractivity contribution in [2.45, 2.75) is 19.9 Å². The van der Waals surface area contributed by atoms with Gasteiger partial charge in [0.25, 0.3) is 0 Å². The topological polar surface area (TPSA) is 69.7 Å². The van der Waals surface area contributed by atoms with Crippen molar-refractivity contribution in [3.8, 4) is 0 Å². The molecule has 0 radical (unpaired) electrons. The fraction of sp³-hybridized carbons (Fsp3) is 0.571. The molecular formula is C14H22N2O4. The Bertz CT molecular complexity index is 410. The number of rotatable bonds is 9. The van der Waals surface area contributed by atoms with E-state index in [1.165, 1.54) is 0 Å². The number of ether oxygens (including phenoxy) is 3. The molecule has 0 bridgehead atoms. The second-order valence-electron chi connectivity index (χ2n) is 4.45. The first kappa shape index (κ1) is 16.4. The van der Waals surface area contributed by atoms with Crippen LogP contribution >= 0.6 is 0 Å². The lowest BCUT2D eigenvalue weighted by Crippen LogP contribution is -2.15. The van der Waals surface area contributed by atoms with Gasteiger partial charge in [-0.05, 0) is 26.0 Å². The summed E-state index contributed by atoms with van der Waals surface area (Å²) < 4.78 is 15.1. The van der Waals surface area contributed by atoms with Crippen LogP contribution in [0.4, 0.5) is 5.82 Å². The molecule has 0 spiro atoms. The number of carbonyl (C=O) groups is 1. The van der Waals surface area contributed by atoms with Gasteiger partial charge in [-0.1, -0.05) is 6.07 Å². The lowest BCUT2D eigenvalue weighted by atomic mass is 10.3. The zero-order valence-electron chi connectivity index (χ0n) is 12.2. The molecule has 0 aromatic carbocycles. The normalized spacial score (nSPS) is 10.6. The summed E-state index contributed by atoms with van der Waals surface area (Å²) in [4.78, 5) is 16.0. The van der Waals surface area contributed by atoms with Gasteiger partial charge in [0.05, 0.1) is 19.8 Å². The minimum Gasteiger partial charge on any atom is -0.459 e. The molecule has 0 saturated heterocycles. The zero-order chi connectivity index (χ0) is 14.8. The summed E-state index contributed by atoms with van der Waals surface area (Å²) in [6.07, 6.45) is 0. The number of hydrogen-bond donors (Lipinski definition) is 1. The third kappa shape index (κ3) is 6.49. The molecule has 1 N–H and O–H groups in total. The molecule has 6 nitrogen and oxygen atoms in total. The minimum atomic E-state index is -0.451. The highest BCUT2D eigenvalue weighted by atomic mass is 16.6. The number of nitrogens with zero attached hydrogens (tertiary/aromatic N) is 1. The Hall–Kier alpha value is -1.66. The van der Waals surface area contributed by atoms with E-state index in [0.717, 1.165) is 0 Å². The van der Waals surface area contributed by atoms with E-state index in [9.17, 15) is 4.79 Å². The molecule has 0 fully saturated rings. The van der Waals surface area contributed by atoms with Crippen LogP contribution < -0.4 is 5.32 Å². The van der Waals surface area contributed by atoms with E-state index in [1.807, 2.05) is 19.9 Å². The Balaban J connectivity index is 2.35. The van der Waals surface area contributed by atoms with Gasteiger partial charge in [-0.15, -0.1) is 0 Å². The van der Waals surface area contributed by atoms with Gasteiger partial charge in [0.15, 0.2) is 5.69 Å². The third-order valence-electron chi connectivity index (χ3n) is 2.29. The molecule has 0 saturated carbocycles. The van der Waals surface area contributed by atoms with Crippen LogP contribution in [-0.2, 0) is 14.2 Å². The number of nitrogens with one attached hydrogen (secondary N) is 1. The van der Waals surface area contributed by atoms with Crippen LogP contribution in [0.2, 0.25) is 0 Å². The predicted molar refractivity (Wildman–Crippen MR) is 76.0 cm³/mol. The van der Waals surface area contributed by atoms with E-state index in [4.69, 9.17) is 14.2 Å². The summed E-state index contributed by atoms with van der Waals surface area (Å²) in [5.74, 6) is 0.207. The van der Waals surface area contributed by atoms with Gasteiger partial charge in [-0.2, -0.15) is 0 Å². The van der Waals surface area contributed by atoms with Crippen molar-refractivity contribution < 1.29 is 19.0 Å². The molecule has 0 aliphatic heterocycles. The quantitative estimate of drug-likeness (QED) is 0.549. The van der Waals surface area contributed by atoms with Crippen molar-refractivity contribution in [3.05, 3.63) is 23.9 Å². The maximum Gasteiger partial charge on any atom is 0.357 e. The number of methoxy groups -OCH3 is 1. The number of hydrogen-bond acceptors (Lipinski definition) is 6. The third-order valence-corrected chi connectivity index (χ3v) is 2.29. The molecule has 6 heteroatoms. The highest BCUT2D eigenvalue weighted by Crippen LogP contribution is 2.07. The fourth-order valence-corrected chi connectivity index (χ4v) is 1.44. The first-order valence-corrected chi connectivity index (χ1v) is 6.61. The van der Waals surface area contributed by atoms with E-state index >= 15 is 0 Å². The summed E-state index contributed by atoms with van der Waals surface area (Å²) in [7, 11) is 1.60. The highest BCUT2D eigenvalue weighted by Gasteiger charge is 2.09. The van der Waals surface area contributed by atoms with Crippen molar-refractivity contribution in [1.29, 1.82) is 0 Å². The lowest BCUT2D eigenvalue weighted by molar-refractivity contribution is 0.0209. The van der Waals surface area contributed by atoms with Crippen molar-refractivity contribution >= 4 is 11.8 Å². The molecular weight excluding hydrogens is 260 g/mol. The Morgan fingerprint density at radius 3 is 2.70 bits per heavy atom. The number of carbonyl (C=O) groups excluding carboxylic acids is 1. The van der Waals surface area contributed by atoms with Crippen molar-refractivity contribution in [2.75, 3.05) is 38.9 Å². The summed E-state index contributed by atoms with van der Waals surface area (Å²) >= 11 is 0. The number of esters is 1. The molecule has 0 aliphatic rings. The first-order valence-electron chi connectivity index (χ1n) is 6.61. The zero-order valence-corrected chi connectivity index (χ0v) is 12.2. The van der Waals surface area contributed by atoms with E-state index < -0.39 is 5.97 Å². The van der Waals surface area contributed by atoms with E-state index in [2.05, 4.69) is 10.3 Å². The largest absolute Gasteiger partial charge is 0.459 e. The van der Waals surface area contributed by atoms with Crippen molar-refractivity contribution in [2.24, 2.45) is 0 Å². The molecule has 1 aromatic heterocycles. The fourth-order valence-electron chi connectivity index (χ4n) is 1.44. The van der Waals surface area contributed by atoms with Gasteiger partial charge in [-0.25, -0.2) is 9.78 Å². The Kier molecular flexibility index (Phi) is 7.60. The highest BCUT2D eigenvalue weighted by molar-refractivity contribution is 5.87. The summed E-state index contributed by atoms with van der Waals surface area (Å²) in [5.41, 5.74) is 0.285. The van der Waals surface area contributed by atoms with Gasteiger partial charge in [0.2, 0.25) is 0 Å². The van der Waals surface area contributed by atoms with Crippen LogP contribution in [0.25, 0.3) is 0 Å². The molecule has 0 aliphatic carbocycles. The average Bonchev–Trinajstić information content (AvgIpc) is 2.42. The van der Waals surface area contributed by atoms with Crippen molar-refractivity contribution in [1.82, 2.24) is 4.98 Å². The second-order valence-corrected chi connectivity index (χ2v) is 4.45. The average molecular weight is 282 g/mol. The van der Waals surface area contributed by atoms with Gasteiger partial charge in [0.1, 0.15) is 12.4 Å². The Morgan fingerprint density at radius 2 is 2.00 bits per heavy atom. The van der Waals surface area contributed by atoms with Crippen LogP contribution in [0, 0.1) is 0 Å².